The summed E-state index contributed by atoms with van der Waals surface area (Å²) in [5, 5.41) is 4.88. The number of carbonyl (C=O) groups excluding carboxylic acids is 2. The van der Waals surface area contributed by atoms with Crippen molar-refractivity contribution in [3.05, 3.63) is 0 Å². The predicted octanol–water partition coefficient (Wildman–Crippen LogP) is -1.90. The Morgan fingerprint density at radius 2 is 2.31 bits per heavy atom. The molecule has 1 rings (SSSR count). The van der Waals surface area contributed by atoms with Crippen LogP contribution in [0.1, 0.15) is 0 Å². The second-order valence-corrected chi connectivity index (χ2v) is 3.80. The quantitative estimate of drug-likeness (QED) is 0.524. The van der Waals surface area contributed by atoms with E-state index in [-0.39, 0.29) is 12.6 Å². The van der Waals surface area contributed by atoms with Crippen LogP contribution in [-0.2, 0) is 9.53 Å². The van der Waals surface area contributed by atoms with Crippen LogP contribution in [0, 0.1) is 0 Å². The number of urea groups is 1. The maximum atomic E-state index is 11.0. The first-order chi connectivity index (χ1) is 7.58. The molecule has 1 fully saturated rings. The van der Waals surface area contributed by atoms with Gasteiger partial charge in [-0.25, -0.2) is 4.79 Å². The van der Waals surface area contributed by atoms with Crippen molar-refractivity contribution in [1.29, 1.82) is 0 Å². The highest BCUT2D eigenvalue weighted by Gasteiger charge is 2.17. The number of carbonyl (C=O) groups is 2. The normalized spacial score (nSPS) is 21.7. The summed E-state index contributed by atoms with van der Waals surface area (Å²) in [7, 11) is 2.02. The Morgan fingerprint density at radius 1 is 1.56 bits per heavy atom. The zero-order valence-corrected chi connectivity index (χ0v) is 9.36. The molecule has 3 amide bonds. The fourth-order valence-electron chi connectivity index (χ4n) is 1.52. The van der Waals surface area contributed by atoms with Gasteiger partial charge in [0.25, 0.3) is 0 Å². The van der Waals surface area contributed by atoms with E-state index in [0.717, 1.165) is 13.1 Å². The second kappa shape index (κ2) is 6.41. The average molecular weight is 230 g/mol. The predicted molar refractivity (Wildman–Crippen MR) is 57.8 cm³/mol. The van der Waals surface area contributed by atoms with Gasteiger partial charge in [-0.05, 0) is 7.05 Å². The molecule has 7 heteroatoms. The number of hydrogen-bond acceptors (Lipinski definition) is 5. The Balaban J connectivity index is 2.10. The minimum Gasteiger partial charge on any atom is -0.374 e. The molecule has 16 heavy (non-hydrogen) atoms. The van der Waals surface area contributed by atoms with Gasteiger partial charge >= 0.3 is 6.03 Å². The van der Waals surface area contributed by atoms with Crippen LogP contribution in [0.15, 0.2) is 0 Å². The molecule has 0 saturated carbocycles. The third kappa shape index (κ3) is 5.06. The van der Waals surface area contributed by atoms with E-state index in [1.807, 2.05) is 12.4 Å². The highest BCUT2D eigenvalue weighted by molar-refractivity contribution is 5.94. The van der Waals surface area contributed by atoms with Gasteiger partial charge in [-0.2, -0.15) is 0 Å². The molecule has 7 nitrogen and oxygen atoms in total. The lowest BCUT2D eigenvalue weighted by molar-refractivity contribution is -0.119. The Bertz CT molecular complexity index is 259. The zero-order valence-electron chi connectivity index (χ0n) is 9.36. The van der Waals surface area contributed by atoms with Gasteiger partial charge in [0.1, 0.15) is 0 Å². The van der Waals surface area contributed by atoms with E-state index in [1.54, 1.807) is 0 Å². The molecular weight excluding hydrogens is 212 g/mol. The summed E-state index contributed by atoms with van der Waals surface area (Å²) >= 11 is 0. The van der Waals surface area contributed by atoms with Crippen LogP contribution in [0.5, 0.6) is 0 Å². The van der Waals surface area contributed by atoms with Crippen molar-refractivity contribution < 1.29 is 14.3 Å². The molecule has 92 valence electrons. The zero-order chi connectivity index (χ0) is 12.0. The number of nitrogens with one attached hydrogen (secondary N) is 2. The third-order valence-corrected chi connectivity index (χ3v) is 2.26. The van der Waals surface area contributed by atoms with Crippen molar-refractivity contribution in [2.24, 2.45) is 5.73 Å². The summed E-state index contributed by atoms with van der Waals surface area (Å²) in [6.07, 6.45) is 0.0835. The Kier molecular flexibility index (Phi) is 5.17. The molecule has 0 radical (unpaired) electrons. The molecule has 1 aliphatic rings. The molecule has 0 aromatic heterocycles. The standard InChI is InChI=1S/C9H18N4O3/c1-13-2-3-16-7(6-13)4-11-5-8(14)12-9(10)15/h7,11H,2-6H2,1H3,(H3,10,12,14,15). The van der Waals surface area contributed by atoms with E-state index in [2.05, 4.69) is 10.2 Å². The molecule has 4 N–H and O–H groups in total. The van der Waals surface area contributed by atoms with Gasteiger partial charge in [0.05, 0.1) is 19.3 Å². The van der Waals surface area contributed by atoms with E-state index in [1.165, 1.54) is 0 Å². The van der Waals surface area contributed by atoms with E-state index in [0.29, 0.717) is 13.2 Å². The summed E-state index contributed by atoms with van der Waals surface area (Å²) in [6, 6.07) is -0.833. The summed E-state index contributed by atoms with van der Waals surface area (Å²) in [4.78, 5) is 23.5. The molecular formula is C9H18N4O3. The molecule has 1 heterocycles. The van der Waals surface area contributed by atoms with Crippen LogP contribution in [-0.4, -0.2) is 62.8 Å². The van der Waals surface area contributed by atoms with Crippen molar-refractivity contribution in [2.75, 3.05) is 39.8 Å². The van der Waals surface area contributed by atoms with Crippen LogP contribution in [0.4, 0.5) is 4.79 Å². The molecule has 0 aromatic rings. The molecule has 1 atom stereocenters. The first-order valence-corrected chi connectivity index (χ1v) is 5.18. The van der Waals surface area contributed by atoms with Gasteiger partial charge in [-0.3, -0.25) is 10.1 Å². The summed E-state index contributed by atoms with van der Waals surface area (Å²) < 4.78 is 5.48. The lowest BCUT2D eigenvalue weighted by atomic mass is 10.3. The topological polar surface area (TPSA) is 96.7 Å². The largest absolute Gasteiger partial charge is 0.374 e. The van der Waals surface area contributed by atoms with Crippen LogP contribution in [0.2, 0.25) is 0 Å². The number of nitrogens with zero attached hydrogens (tertiary/aromatic N) is 1. The monoisotopic (exact) mass is 230 g/mol. The fraction of sp³-hybridized carbons (Fsp3) is 0.778. The van der Waals surface area contributed by atoms with Crippen LogP contribution < -0.4 is 16.4 Å². The van der Waals surface area contributed by atoms with Gasteiger partial charge in [0.2, 0.25) is 5.91 Å². The number of morpholine rings is 1. The molecule has 0 aliphatic carbocycles. The molecule has 1 saturated heterocycles. The van der Waals surface area contributed by atoms with E-state index < -0.39 is 11.9 Å². The van der Waals surface area contributed by atoms with E-state index in [4.69, 9.17) is 10.5 Å². The van der Waals surface area contributed by atoms with Crippen LogP contribution in [0.25, 0.3) is 0 Å². The SMILES string of the molecule is CN1CCOC(CNCC(=O)NC(N)=O)C1. The number of amides is 3. The minimum atomic E-state index is -0.833. The van der Waals surface area contributed by atoms with Gasteiger partial charge < -0.3 is 20.7 Å². The molecule has 1 unspecified atom stereocenters. The molecule has 0 bridgehead atoms. The van der Waals surface area contributed by atoms with Crippen molar-refractivity contribution in [3.63, 3.8) is 0 Å². The number of likely N-dealkylation sites (N-methyl/N-ethyl adjacent to an activating group) is 1. The van der Waals surface area contributed by atoms with Gasteiger partial charge in [-0.15, -0.1) is 0 Å². The summed E-state index contributed by atoms with van der Waals surface area (Å²) in [6.45, 7) is 3.11. The van der Waals surface area contributed by atoms with Gasteiger partial charge in [-0.1, -0.05) is 0 Å². The third-order valence-electron chi connectivity index (χ3n) is 2.26. The summed E-state index contributed by atoms with van der Waals surface area (Å²) in [5.41, 5.74) is 4.80. The van der Waals surface area contributed by atoms with E-state index in [9.17, 15) is 9.59 Å². The maximum Gasteiger partial charge on any atom is 0.318 e. The Hall–Kier alpha value is -1.18. The smallest absolute Gasteiger partial charge is 0.318 e. The van der Waals surface area contributed by atoms with Gasteiger partial charge in [0, 0.05) is 19.6 Å². The summed E-state index contributed by atoms with van der Waals surface area (Å²) in [5.74, 6) is -0.434. The highest BCUT2D eigenvalue weighted by Crippen LogP contribution is 2.00. The van der Waals surface area contributed by atoms with Crippen molar-refractivity contribution in [2.45, 2.75) is 6.10 Å². The molecule has 0 aromatic carbocycles. The van der Waals surface area contributed by atoms with Crippen molar-refractivity contribution >= 4 is 11.9 Å². The lowest BCUT2D eigenvalue weighted by Crippen LogP contribution is -2.47. The highest BCUT2D eigenvalue weighted by atomic mass is 16.5. The van der Waals surface area contributed by atoms with Gasteiger partial charge in [0.15, 0.2) is 0 Å². The van der Waals surface area contributed by atoms with Crippen molar-refractivity contribution in [1.82, 2.24) is 15.5 Å². The molecule has 1 aliphatic heterocycles. The number of nitrogens with two attached hydrogens (primary N) is 1. The molecule has 0 spiro atoms. The number of imide groups is 1. The van der Waals surface area contributed by atoms with Crippen LogP contribution >= 0.6 is 0 Å². The number of ether oxygens (including phenoxy) is 1. The maximum absolute atomic E-state index is 11.0. The number of hydrogen-bond donors (Lipinski definition) is 3. The average Bonchev–Trinajstić information content (AvgIpc) is 2.16. The Labute approximate surface area is 94.3 Å². The number of primary amides is 1. The van der Waals surface area contributed by atoms with E-state index >= 15 is 0 Å². The first-order valence-electron chi connectivity index (χ1n) is 5.18. The number of rotatable bonds is 4. The minimum absolute atomic E-state index is 0.0620. The fourth-order valence-corrected chi connectivity index (χ4v) is 1.52. The van der Waals surface area contributed by atoms with Crippen LogP contribution in [0.3, 0.4) is 0 Å². The first kappa shape index (κ1) is 12.9. The Morgan fingerprint density at radius 3 is 2.94 bits per heavy atom. The lowest BCUT2D eigenvalue weighted by Gasteiger charge is -2.30. The second-order valence-electron chi connectivity index (χ2n) is 3.80. The van der Waals surface area contributed by atoms with Crippen molar-refractivity contribution in [3.8, 4) is 0 Å².